The predicted molar refractivity (Wildman–Crippen MR) is 55.7 cm³/mol. The third-order valence-electron chi connectivity index (χ3n) is 2.04. The average Bonchev–Trinajstić information content (AvgIpc) is 2.66. The van der Waals surface area contributed by atoms with Crippen LogP contribution in [0.3, 0.4) is 0 Å². The van der Waals surface area contributed by atoms with E-state index in [0.29, 0.717) is 19.6 Å². The Kier molecular flexibility index (Phi) is 4.19. The topological polar surface area (TPSA) is 60.0 Å². The SMILES string of the molecule is CC(Cn1cccc1)C(=O)NCCN. The summed E-state index contributed by atoms with van der Waals surface area (Å²) in [6, 6.07) is 3.90. The molecule has 0 radical (unpaired) electrons. The van der Waals surface area contributed by atoms with Gasteiger partial charge in [0.2, 0.25) is 5.91 Å². The number of nitrogens with zero attached hydrogens (tertiary/aromatic N) is 1. The smallest absolute Gasteiger partial charge is 0.224 e. The Balaban J connectivity index is 2.34. The van der Waals surface area contributed by atoms with Crippen molar-refractivity contribution < 1.29 is 4.79 Å². The van der Waals surface area contributed by atoms with Crippen LogP contribution in [0.2, 0.25) is 0 Å². The number of hydrogen-bond donors (Lipinski definition) is 2. The van der Waals surface area contributed by atoms with Gasteiger partial charge in [-0.25, -0.2) is 0 Å². The van der Waals surface area contributed by atoms with Gasteiger partial charge >= 0.3 is 0 Å². The summed E-state index contributed by atoms with van der Waals surface area (Å²) in [5.74, 6) is 0.0399. The lowest BCUT2D eigenvalue weighted by Crippen LogP contribution is -2.34. The van der Waals surface area contributed by atoms with Crippen molar-refractivity contribution in [3.8, 4) is 0 Å². The molecule has 78 valence electrons. The van der Waals surface area contributed by atoms with Crippen molar-refractivity contribution in [1.82, 2.24) is 9.88 Å². The Bertz CT molecular complexity index is 269. The second kappa shape index (κ2) is 5.44. The molecule has 1 amide bonds. The summed E-state index contributed by atoms with van der Waals surface area (Å²) < 4.78 is 1.99. The van der Waals surface area contributed by atoms with E-state index in [1.54, 1.807) is 0 Å². The lowest BCUT2D eigenvalue weighted by atomic mass is 10.1. The molecule has 1 heterocycles. The molecule has 14 heavy (non-hydrogen) atoms. The van der Waals surface area contributed by atoms with Crippen molar-refractivity contribution >= 4 is 5.91 Å². The lowest BCUT2D eigenvalue weighted by Gasteiger charge is -2.12. The fourth-order valence-corrected chi connectivity index (χ4v) is 1.26. The van der Waals surface area contributed by atoms with Crippen LogP contribution in [-0.4, -0.2) is 23.6 Å². The van der Waals surface area contributed by atoms with Crippen LogP contribution in [0, 0.1) is 5.92 Å². The van der Waals surface area contributed by atoms with Gasteiger partial charge in [0, 0.05) is 32.0 Å². The van der Waals surface area contributed by atoms with Crippen LogP contribution in [-0.2, 0) is 11.3 Å². The second-order valence-corrected chi connectivity index (χ2v) is 3.36. The molecule has 1 aromatic rings. The average molecular weight is 195 g/mol. The molecule has 0 saturated carbocycles. The minimum absolute atomic E-state index is 0.0195. The fraction of sp³-hybridized carbons (Fsp3) is 0.500. The molecule has 1 unspecified atom stereocenters. The fourth-order valence-electron chi connectivity index (χ4n) is 1.26. The number of aromatic nitrogens is 1. The summed E-state index contributed by atoms with van der Waals surface area (Å²) in [6.07, 6.45) is 3.90. The van der Waals surface area contributed by atoms with Crippen molar-refractivity contribution in [2.45, 2.75) is 13.5 Å². The first kappa shape index (κ1) is 10.8. The molecule has 0 saturated heterocycles. The van der Waals surface area contributed by atoms with Crippen LogP contribution in [0.4, 0.5) is 0 Å². The normalized spacial score (nSPS) is 12.4. The van der Waals surface area contributed by atoms with Gasteiger partial charge in [-0.1, -0.05) is 6.92 Å². The molecule has 3 N–H and O–H groups in total. The highest BCUT2D eigenvalue weighted by Gasteiger charge is 2.11. The summed E-state index contributed by atoms with van der Waals surface area (Å²) in [4.78, 5) is 11.4. The molecule has 4 nitrogen and oxygen atoms in total. The van der Waals surface area contributed by atoms with Crippen molar-refractivity contribution in [1.29, 1.82) is 0 Å². The molecule has 1 rings (SSSR count). The van der Waals surface area contributed by atoms with E-state index in [4.69, 9.17) is 5.73 Å². The quantitative estimate of drug-likeness (QED) is 0.705. The van der Waals surface area contributed by atoms with Gasteiger partial charge in [0.25, 0.3) is 0 Å². The van der Waals surface area contributed by atoms with Crippen molar-refractivity contribution in [3.05, 3.63) is 24.5 Å². The molecule has 0 aliphatic heterocycles. The van der Waals surface area contributed by atoms with E-state index < -0.39 is 0 Å². The van der Waals surface area contributed by atoms with Gasteiger partial charge in [-0.05, 0) is 12.1 Å². The second-order valence-electron chi connectivity index (χ2n) is 3.36. The van der Waals surface area contributed by atoms with Gasteiger partial charge in [-0.2, -0.15) is 0 Å². The molecular weight excluding hydrogens is 178 g/mol. The van der Waals surface area contributed by atoms with Crippen molar-refractivity contribution in [3.63, 3.8) is 0 Å². The molecule has 0 fully saturated rings. The molecule has 0 aliphatic carbocycles. The maximum absolute atomic E-state index is 11.4. The van der Waals surface area contributed by atoms with Crippen LogP contribution in [0.5, 0.6) is 0 Å². The van der Waals surface area contributed by atoms with E-state index in [1.807, 2.05) is 36.0 Å². The zero-order valence-electron chi connectivity index (χ0n) is 8.44. The minimum Gasteiger partial charge on any atom is -0.355 e. The number of rotatable bonds is 5. The third kappa shape index (κ3) is 3.22. The van der Waals surface area contributed by atoms with Gasteiger partial charge in [-0.3, -0.25) is 4.79 Å². The van der Waals surface area contributed by atoms with Crippen LogP contribution >= 0.6 is 0 Å². The molecule has 1 aromatic heterocycles. The van der Waals surface area contributed by atoms with E-state index in [-0.39, 0.29) is 11.8 Å². The number of carbonyl (C=O) groups excluding carboxylic acids is 1. The Morgan fingerprint density at radius 1 is 1.50 bits per heavy atom. The maximum Gasteiger partial charge on any atom is 0.224 e. The molecule has 1 atom stereocenters. The lowest BCUT2D eigenvalue weighted by molar-refractivity contribution is -0.124. The Morgan fingerprint density at radius 3 is 2.71 bits per heavy atom. The summed E-state index contributed by atoms with van der Waals surface area (Å²) >= 11 is 0. The zero-order valence-corrected chi connectivity index (χ0v) is 8.44. The predicted octanol–water partition coefficient (Wildman–Crippen LogP) is 0.199. The van der Waals surface area contributed by atoms with E-state index in [2.05, 4.69) is 5.32 Å². The minimum atomic E-state index is -0.0195. The number of hydrogen-bond acceptors (Lipinski definition) is 2. The monoisotopic (exact) mass is 195 g/mol. The van der Waals surface area contributed by atoms with Crippen molar-refractivity contribution in [2.75, 3.05) is 13.1 Å². The Labute approximate surface area is 84.1 Å². The van der Waals surface area contributed by atoms with Crippen LogP contribution in [0.25, 0.3) is 0 Å². The van der Waals surface area contributed by atoms with Gasteiger partial charge in [0.05, 0.1) is 5.92 Å². The van der Waals surface area contributed by atoms with Gasteiger partial charge in [0.1, 0.15) is 0 Å². The zero-order chi connectivity index (χ0) is 10.4. The number of amides is 1. The van der Waals surface area contributed by atoms with E-state index in [1.165, 1.54) is 0 Å². The summed E-state index contributed by atoms with van der Waals surface area (Å²) in [6.45, 7) is 3.66. The first-order valence-corrected chi connectivity index (χ1v) is 4.82. The molecule has 4 heteroatoms. The summed E-state index contributed by atoms with van der Waals surface area (Å²) in [5, 5.41) is 2.77. The van der Waals surface area contributed by atoms with Gasteiger partial charge in [-0.15, -0.1) is 0 Å². The first-order valence-electron chi connectivity index (χ1n) is 4.82. The number of nitrogens with two attached hydrogens (primary N) is 1. The first-order chi connectivity index (χ1) is 6.74. The highest BCUT2D eigenvalue weighted by atomic mass is 16.1. The van der Waals surface area contributed by atoms with Gasteiger partial charge < -0.3 is 15.6 Å². The molecule has 0 aromatic carbocycles. The molecular formula is C10H17N3O. The largest absolute Gasteiger partial charge is 0.355 e. The van der Waals surface area contributed by atoms with Crippen LogP contribution in [0.1, 0.15) is 6.92 Å². The molecule has 0 spiro atoms. The van der Waals surface area contributed by atoms with Crippen LogP contribution in [0.15, 0.2) is 24.5 Å². The summed E-state index contributed by atoms with van der Waals surface area (Å²) in [7, 11) is 0. The molecule has 0 aliphatic rings. The van der Waals surface area contributed by atoms with E-state index in [9.17, 15) is 4.79 Å². The van der Waals surface area contributed by atoms with Crippen LogP contribution < -0.4 is 11.1 Å². The summed E-state index contributed by atoms with van der Waals surface area (Å²) in [5.41, 5.74) is 5.29. The van der Waals surface area contributed by atoms with E-state index >= 15 is 0 Å². The maximum atomic E-state index is 11.4. The number of nitrogens with one attached hydrogen (secondary N) is 1. The third-order valence-corrected chi connectivity index (χ3v) is 2.04. The van der Waals surface area contributed by atoms with Gasteiger partial charge in [0.15, 0.2) is 0 Å². The van der Waals surface area contributed by atoms with Crippen molar-refractivity contribution in [2.24, 2.45) is 11.7 Å². The van der Waals surface area contributed by atoms with E-state index in [0.717, 1.165) is 0 Å². The Morgan fingerprint density at radius 2 is 2.14 bits per heavy atom. The highest BCUT2D eigenvalue weighted by molar-refractivity contribution is 5.78. The number of carbonyl (C=O) groups is 1. The Hall–Kier alpha value is -1.29. The standard InChI is InChI=1S/C10H17N3O/c1-9(10(14)12-5-4-11)8-13-6-2-3-7-13/h2-3,6-7,9H,4-5,8,11H2,1H3,(H,12,14). The molecule has 0 bridgehead atoms. The highest BCUT2D eigenvalue weighted by Crippen LogP contribution is 2.01.